The summed E-state index contributed by atoms with van der Waals surface area (Å²) in [7, 11) is 0. The Morgan fingerprint density at radius 1 is 1.15 bits per heavy atom. The van der Waals surface area contributed by atoms with E-state index in [1.54, 1.807) is 11.3 Å². The molecule has 3 heterocycles. The first-order valence-corrected chi connectivity index (χ1v) is 9.78. The van der Waals surface area contributed by atoms with Crippen molar-refractivity contribution in [3.63, 3.8) is 0 Å². The Balaban J connectivity index is 1.71. The standard InChI is InChI=1S/C22H18N2OS/c1-2-17-13-19-21(26-17)23-20-16(10-11-24(20)22(19)25)12-15-8-5-7-14-6-3-4-9-18(14)15/h3-9,12-13H,2,10-11H2,1H3/b16-12+. The maximum Gasteiger partial charge on any atom is 0.262 e. The molecule has 0 atom stereocenters. The van der Waals surface area contributed by atoms with Crippen LogP contribution < -0.4 is 5.56 Å². The summed E-state index contributed by atoms with van der Waals surface area (Å²) in [5.41, 5.74) is 2.43. The molecule has 0 bridgehead atoms. The van der Waals surface area contributed by atoms with Gasteiger partial charge in [0.15, 0.2) is 0 Å². The summed E-state index contributed by atoms with van der Waals surface area (Å²) in [5, 5.41) is 3.22. The van der Waals surface area contributed by atoms with E-state index in [1.165, 1.54) is 21.2 Å². The van der Waals surface area contributed by atoms with E-state index in [1.807, 2.05) is 10.6 Å². The van der Waals surface area contributed by atoms with Crippen molar-refractivity contribution in [3.8, 4) is 0 Å². The van der Waals surface area contributed by atoms with Gasteiger partial charge < -0.3 is 0 Å². The second-order valence-electron chi connectivity index (χ2n) is 6.67. The van der Waals surface area contributed by atoms with Gasteiger partial charge in [-0.1, -0.05) is 49.4 Å². The molecule has 0 saturated heterocycles. The van der Waals surface area contributed by atoms with Crippen LogP contribution in [-0.4, -0.2) is 9.55 Å². The summed E-state index contributed by atoms with van der Waals surface area (Å²) in [5.74, 6) is 0.833. The van der Waals surface area contributed by atoms with Gasteiger partial charge in [-0.25, -0.2) is 4.98 Å². The van der Waals surface area contributed by atoms with Crippen molar-refractivity contribution in [2.24, 2.45) is 0 Å². The first kappa shape index (κ1) is 15.5. The molecule has 1 aliphatic heterocycles. The van der Waals surface area contributed by atoms with Gasteiger partial charge in [0.05, 0.1) is 5.39 Å². The van der Waals surface area contributed by atoms with Crippen LogP contribution in [0.5, 0.6) is 0 Å². The van der Waals surface area contributed by atoms with Gasteiger partial charge in [0.2, 0.25) is 0 Å². The average molecular weight is 358 g/mol. The minimum absolute atomic E-state index is 0.0993. The number of thiophene rings is 1. The number of hydrogen-bond donors (Lipinski definition) is 0. The summed E-state index contributed by atoms with van der Waals surface area (Å²) in [4.78, 5) is 19.8. The summed E-state index contributed by atoms with van der Waals surface area (Å²) in [6.07, 6.45) is 3.99. The lowest BCUT2D eigenvalue weighted by atomic mass is 10.0. The highest BCUT2D eigenvalue weighted by Crippen LogP contribution is 2.31. The van der Waals surface area contributed by atoms with E-state index in [4.69, 9.17) is 4.98 Å². The molecule has 0 aliphatic carbocycles. The zero-order valence-electron chi connectivity index (χ0n) is 14.5. The van der Waals surface area contributed by atoms with Gasteiger partial charge in [0.1, 0.15) is 10.7 Å². The topological polar surface area (TPSA) is 34.9 Å². The molecule has 26 heavy (non-hydrogen) atoms. The van der Waals surface area contributed by atoms with Crippen LogP contribution in [-0.2, 0) is 13.0 Å². The second-order valence-corrected chi connectivity index (χ2v) is 7.78. The second kappa shape index (κ2) is 5.92. The van der Waals surface area contributed by atoms with Gasteiger partial charge in [0.25, 0.3) is 5.56 Å². The van der Waals surface area contributed by atoms with Gasteiger partial charge in [0, 0.05) is 11.4 Å². The van der Waals surface area contributed by atoms with Gasteiger partial charge >= 0.3 is 0 Å². The molecular weight excluding hydrogens is 340 g/mol. The molecule has 2 aromatic carbocycles. The first-order chi connectivity index (χ1) is 12.7. The normalized spacial score (nSPS) is 15.2. The molecule has 2 aromatic heterocycles. The molecular formula is C22H18N2OS. The Labute approximate surface area is 155 Å². The molecule has 5 rings (SSSR count). The number of rotatable bonds is 2. The molecule has 0 unspecified atom stereocenters. The molecule has 0 N–H and O–H groups in total. The van der Waals surface area contributed by atoms with Crippen LogP contribution in [0.3, 0.4) is 0 Å². The van der Waals surface area contributed by atoms with E-state index in [9.17, 15) is 4.79 Å². The third-order valence-electron chi connectivity index (χ3n) is 5.10. The van der Waals surface area contributed by atoms with Crippen molar-refractivity contribution >= 4 is 44.0 Å². The van der Waals surface area contributed by atoms with Gasteiger partial charge in [-0.2, -0.15) is 0 Å². The van der Waals surface area contributed by atoms with Crippen LogP contribution in [0.2, 0.25) is 0 Å². The third kappa shape index (κ3) is 2.33. The van der Waals surface area contributed by atoms with Gasteiger partial charge in [-0.05, 0) is 46.9 Å². The molecule has 4 aromatic rings. The number of aromatic nitrogens is 2. The molecule has 0 saturated carbocycles. The summed E-state index contributed by atoms with van der Waals surface area (Å²) >= 11 is 1.64. The van der Waals surface area contributed by atoms with E-state index in [-0.39, 0.29) is 5.56 Å². The number of hydrogen-bond acceptors (Lipinski definition) is 3. The highest BCUT2D eigenvalue weighted by atomic mass is 32.1. The third-order valence-corrected chi connectivity index (χ3v) is 6.27. The van der Waals surface area contributed by atoms with Crippen LogP contribution >= 0.6 is 11.3 Å². The fourth-order valence-corrected chi connectivity index (χ4v) is 4.70. The fourth-order valence-electron chi connectivity index (χ4n) is 3.74. The number of aryl methyl sites for hydroxylation is 1. The van der Waals surface area contributed by atoms with Crippen molar-refractivity contribution < 1.29 is 0 Å². The molecule has 0 amide bonds. The predicted octanol–water partition coefficient (Wildman–Crippen LogP) is 5.12. The lowest BCUT2D eigenvalue weighted by molar-refractivity contribution is 0.726. The van der Waals surface area contributed by atoms with E-state index in [0.29, 0.717) is 6.54 Å². The van der Waals surface area contributed by atoms with Crippen LogP contribution in [0.4, 0.5) is 0 Å². The summed E-state index contributed by atoms with van der Waals surface area (Å²) < 4.78 is 1.84. The van der Waals surface area contributed by atoms with Crippen molar-refractivity contribution in [3.05, 3.63) is 75.1 Å². The molecule has 0 fully saturated rings. The highest BCUT2D eigenvalue weighted by molar-refractivity contribution is 7.18. The Hall–Kier alpha value is -2.72. The molecule has 4 heteroatoms. The number of nitrogens with zero attached hydrogens (tertiary/aromatic N) is 2. The quantitative estimate of drug-likeness (QED) is 0.499. The molecule has 3 nitrogen and oxygen atoms in total. The van der Waals surface area contributed by atoms with Crippen LogP contribution in [0.15, 0.2) is 53.3 Å². The lowest BCUT2D eigenvalue weighted by Crippen LogP contribution is -2.19. The van der Waals surface area contributed by atoms with Crippen LogP contribution in [0, 0.1) is 0 Å². The molecule has 1 aliphatic rings. The molecule has 0 spiro atoms. The fraction of sp³-hybridized carbons (Fsp3) is 0.182. The Morgan fingerprint density at radius 3 is 2.88 bits per heavy atom. The van der Waals surface area contributed by atoms with Crippen LogP contribution in [0.25, 0.3) is 32.6 Å². The smallest absolute Gasteiger partial charge is 0.262 e. The number of fused-ring (bicyclic) bond motifs is 3. The number of benzene rings is 2. The van der Waals surface area contributed by atoms with E-state index in [0.717, 1.165) is 34.5 Å². The van der Waals surface area contributed by atoms with Crippen molar-refractivity contribution in [1.82, 2.24) is 9.55 Å². The van der Waals surface area contributed by atoms with Gasteiger partial charge in [-0.15, -0.1) is 11.3 Å². The Morgan fingerprint density at radius 2 is 2.00 bits per heavy atom. The number of allylic oxidation sites excluding steroid dienone is 1. The SMILES string of the molecule is CCc1cc2c(=O)n3c(nc2s1)/C(=C/c1cccc2ccccc12)CC3. The van der Waals surface area contributed by atoms with Crippen molar-refractivity contribution in [2.45, 2.75) is 26.3 Å². The largest absolute Gasteiger partial charge is 0.292 e. The monoisotopic (exact) mass is 358 g/mol. The van der Waals surface area contributed by atoms with E-state index in [2.05, 4.69) is 55.5 Å². The molecule has 0 radical (unpaired) electrons. The summed E-state index contributed by atoms with van der Waals surface area (Å²) in [6, 6.07) is 16.8. The minimum atomic E-state index is 0.0993. The van der Waals surface area contributed by atoms with Crippen molar-refractivity contribution in [1.29, 1.82) is 0 Å². The predicted molar refractivity (Wildman–Crippen MR) is 110 cm³/mol. The van der Waals surface area contributed by atoms with Crippen LogP contribution in [0.1, 0.15) is 29.6 Å². The minimum Gasteiger partial charge on any atom is -0.292 e. The zero-order valence-corrected chi connectivity index (χ0v) is 15.3. The first-order valence-electron chi connectivity index (χ1n) is 8.96. The Kier molecular flexibility index (Phi) is 3.54. The summed E-state index contributed by atoms with van der Waals surface area (Å²) in [6.45, 7) is 2.83. The Bertz CT molecular complexity index is 1240. The lowest BCUT2D eigenvalue weighted by Gasteiger charge is -2.05. The zero-order chi connectivity index (χ0) is 17.7. The van der Waals surface area contributed by atoms with Crippen molar-refractivity contribution in [2.75, 3.05) is 0 Å². The van der Waals surface area contributed by atoms with E-state index >= 15 is 0 Å². The average Bonchev–Trinajstić information content (AvgIpc) is 3.27. The molecule has 128 valence electrons. The maximum atomic E-state index is 12.9. The van der Waals surface area contributed by atoms with Gasteiger partial charge in [-0.3, -0.25) is 9.36 Å². The maximum absolute atomic E-state index is 12.9. The highest BCUT2D eigenvalue weighted by Gasteiger charge is 2.22. The van der Waals surface area contributed by atoms with E-state index < -0.39 is 0 Å².